The summed E-state index contributed by atoms with van der Waals surface area (Å²) in [5, 5.41) is 7.59. The van der Waals surface area contributed by atoms with Gasteiger partial charge in [-0.2, -0.15) is 0 Å². The molecule has 2 amide bonds. The Kier molecular flexibility index (Phi) is 5.69. The van der Waals surface area contributed by atoms with Gasteiger partial charge in [0.25, 0.3) is 0 Å². The molecule has 142 valence electrons. The second kappa shape index (κ2) is 8.16. The van der Waals surface area contributed by atoms with Gasteiger partial charge in [0, 0.05) is 33.2 Å². The van der Waals surface area contributed by atoms with E-state index in [9.17, 15) is 9.59 Å². The summed E-state index contributed by atoms with van der Waals surface area (Å²) >= 11 is 0. The Balaban J connectivity index is 1.79. The Morgan fingerprint density at radius 2 is 1.81 bits per heavy atom. The Labute approximate surface area is 159 Å². The zero-order valence-corrected chi connectivity index (χ0v) is 15.6. The van der Waals surface area contributed by atoms with Gasteiger partial charge in [0.15, 0.2) is 0 Å². The summed E-state index contributed by atoms with van der Waals surface area (Å²) in [4.78, 5) is 29.0. The molecular weight excluding hydrogens is 342 g/mol. The highest BCUT2D eigenvalue weighted by molar-refractivity contribution is 5.90. The van der Waals surface area contributed by atoms with Gasteiger partial charge in [0.2, 0.25) is 11.8 Å². The van der Waals surface area contributed by atoms with E-state index in [1.54, 1.807) is 22.5 Å². The van der Waals surface area contributed by atoms with E-state index in [4.69, 9.17) is 0 Å². The van der Waals surface area contributed by atoms with Crippen molar-refractivity contribution in [2.45, 2.75) is 24.8 Å². The number of carbonyl (C=O) groups is 2. The lowest BCUT2D eigenvalue weighted by Crippen LogP contribution is -2.53. The number of aromatic nitrogens is 3. The largest absolute Gasteiger partial charge is 0.343 e. The average molecular weight is 367 g/mol. The standard InChI is InChI=1S/C20H25N5O2/c1-3-18(26)25-11-9-20(10-12-25,17-7-5-4-6-8-17)19(27)23(2)13-14-24-15-21-22-16-24/h3-8,15-16H,1,9-14H2,2H3. The van der Waals surface area contributed by atoms with Crippen LogP contribution in [-0.4, -0.2) is 63.1 Å². The van der Waals surface area contributed by atoms with Crippen LogP contribution in [0.25, 0.3) is 0 Å². The average Bonchev–Trinajstić information content (AvgIpc) is 3.25. The maximum absolute atomic E-state index is 13.5. The van der Waals surface area contributed by atoms with Crippen molar-refractivity contribution in [2.24, 2.45) is 0 Å². The number of carbonyl (C=O) groups excluding carboxylic acids is 2. The topological polar surface area (TPSA) is 71.3 Å². The zero-order valence-electron chi connectivity index (χ0n) is 15.6. The quantitative estimate of drug-likeness (QED) is 0.725. The third kappa shape index (κ3) is 3.92. The van der Waals surface area contributed by atoms with E-state index in [0.29, 0.717) is 39.0 Å². The first-order valence-corrected chi connectivity index (χ1v) is 9.12. The molecule has 2 aromatic rings. The van der Waals surface area contributed by atoms with Crippen molar-refractivity contribution < 1.29 is 9.59 Å². The third-order valence-electron chi connectivity index (χ3n) is 5.35. The summed E-state index contributed by atoms with van der Waals surface area (Å²) in [5.74, 6) is 0.0116. The number of hydrogen-bond acceptors (Lipinski definition) is 4. The van der Waals surface area contributed by atoms with E-state index in [1.165, 1.54) is 6.08 Å². The predicted molar refractivity (Wildman–Crippen MR) is 102 cm³/mol. The lowest BCUT2D eigenvalue weighted by Gasteiger charge is -2.42. The van der Waals surface area contributed by atoms with Crippen LogP contribution in [0.1, 0.15) is 18.4 Å². The molecule has 0 atom stereocenters. The number of likely N-dealkylation sites (N-methyl/N-ethyl adjacent to an activating group) is 1. The van der Waals surface area contributed by atoms with Gasteiger partial charge in [0.05, 0.1) is 5.41 Å². The van der Waals surface area contributed by atoms with Gasteiger partial charge in [-0.1, -0.05) is 36.9 Å². The Morgan fingerprint density at radius 3 is 2.41 bits per heavy atom. The lowest BCUT2D eigenvalue weighted by atomic mass is 9.71. The number of piperidine rings is 1. The van der Waals surface area contributed by atoms with Crippen molar-refractivity contribution in [2.75, 3.05) is 26.7 Å². The molecule has 27 heavy (non-hydrogen) atoms. The van der Waals surface area contributed by atoms with Crippen LogP contribution in [0.2, 0.25) is 0 Å². The first kappa shape index (κ1) is 18.8. The highest BCUT2D eigenvalue weighted by Crippen LogP contribution is 2.37. The van der Waals surface area contributed by atoms with Crippen molar-refractivity contribution in [3.63, 3.8) is 0 Å². The van der Waals surface area contributed by atoms with E-state index < -0.39 is 5.41 Å². The van der Waals surface area contributed by atoms with Crippen LogP contribution in [0.15, 0.2) is 55.6 Å². The number of benzene rings is 1. The van der Waals surface area contributed by atoms with Crippen molar-refractivity contribution in [1.29, 1.82) is 0 Å². The summed E-state index contributed by atoms with van der Waals surface area (Å²) in [6.45, 7) is 5.87. The number of amides is 2. The summed E-state index contributed by atoms with van der Waals surface area (Å²) in [7, 11) is 1.83. The molecule has 0 unspecified atom stereocenters. The van der Waals surface area contributed by atoms with Gasteiger partial charge in [0.1, 0.15) is 12.7 Å². The predicted octanol–water partition coefficient (Wildman–Crippen LogP) is 1.48. The normalized spacial score (nSPS) is 16.0. The minimum Gasteiger partial charge on any atom is -0.343 e. The minimum absolute atomic E-state index is 0.0786. The minimum atomic E-state index is -0.610. The summed E-state index contributed by atoms with van der Waals surface area (Å²) in [6, 6.07) is 9.90. The van der Waals surface area contributed by atoms with Crippen LogP contribution >= 0.6 is 0 Å². The molecular formula is C20H25N5O2. The number of hydrogen-bond donors (Lipinski definition) is 0. The highest BCUT2D eigenvalue weighted by Gasteiger charge is 2.44. The smallest absolute Gasteiger partial charge is 0.245 e. The van der Waals surface area contributed by atoms with Gasteiger partial charge < -0.3 is 14.4 Å². The van der Waals surface area contributed by atoms with Crippen molar-refractivity contribution in [3.05, 3.63) is 61.2 Å². The fourth-order valence-corrected chi connectivity index (χ4v) is 3.69. The number of nitrogens with zero attached hydrogens (tertiary/aromatic N) is 5. The molecule has 1 aliphatic rings. The second-order valence-corrected chi connectivity index (χ2v) is 6.90. The van der Waals surface area contributed by atoms with Crippen LogP contribution < -0.4 is 0 Å². The van der Waals surface area contributed by atoms with Crippen LogP contribution in [0.4, 0.5) is 0 Å². The number of likely N-dealkylation sites (tertiary alicyclic amines) is 1. The molecule has 1 aromatic heterocycles. The summed E-state index contributed by atoms with van der Waals surface area (Å²) in [5.41, 5.74) is 0.401. The van der Waals surface area contributed by atoms with E-state index in [0.717, 1.165) is 5.56 Å². The number of rotatable bonds is 6. The molecule has 7 nitrogen and oxygen atoms in total. The monoisotopic (exact) mass is 367 g/mol. The molecule has 1 saturated heterocycles. The zero-order chi connectivity index (χ0) is 19.3. The van der Waals surface area contributed by atoms with Gasteiger partial charge in [-0.05, 0) is 24.5 Å². The van der Waals surface area contributed by atoms with E-state index in [1.807, 2.05) is 41.9 Å². The molecule has 0 radical (unpaired) electrons. The molecule has 0 aliphatic carbocycles. The molecule has 1 fully saturated rings. The van der Waals surface area contributed by atoms with Gasteiger partial charge in [-0.3, -0.25) is 9.59 Å². The molecule has 0 bridgehead atoms. The van der Waals surface area contributed by atoms with Crippen molar-refractivity contribution >= 4 is 11.8 Å². The van der Waals surface area contributed by atoms with Gasteiger partial charge in [-0.25, -0.2) is 0 Å². The summed E-state index contributed by atoms with van der Waals surface area (Å²) in [6.07, 6.45) is 5.83. The molecule has 0 saturated carbocycles. The second-order valence-electron chi connectivity index (χ2n) is 6.90. The highest BCUT2D eigenvalue weighted by atomic mass is 16.2. The Bertz CT molecular complexity index is 780. The maximum Gasteiger partial charge on any atom is 0.245 e. The molecule has 1 aliphatic heterocycles. The molecule has 2 heterocycles. The fourth-order valence-electron chi connectivity index (χ4n) is 3.69. The Hall–Kier alpha value is -2.96. The van der Waals surface area contributed by atoms with Crippen LogP contribution in [0, 0.1) is 0 Å². The van der Waals surface area contributed by atoms with Crippen LogP contribution in [0.5, 0.6) is 0 Å². The van der Waals surface area contributed by atoms with Crippen molar-refractivity contribution in [3.8, 4) is 0 Å². The molecule has 0 spiro atoms. The molecule has 1 aromatic carbocycles. The Morgan fingerprint density at radius 1 is 1.19 bits per heavy atom. The van der Waals surface area contributed by atoms with E-state index in [2.05, 4.69) is 16.8 Å². The van der Waals surface area contributed by atoms with E-state index in [-0.39, 0.29) is 11.8 Å². The first-order valence-electron chi connectivity index (χ1n) is 9.12. The van der Waals surface area contributed by atoms with Crippen LogP contribution in [0.3, 0.4) is 0 Å². The molecule has 3 rings (SSSR count). The molecule has 7 heteroatoms. The van der Waals surface area contributed by atoms with Crippen LogP contribution in [-0.2, 0) is 21.5 Å². The first-order chi connectivity index (χ1) is 13.1. The lowest BCUT2D eigenvalue weighted by molar-refractivity contribution is -0.140. The van der Waals surface area contributed by atoms with Gasteiger partial charge >= 0.3 is 0 Å². The maximum atomic E-state index is 13.5. The fraction of sp³-hybridized carbons (Fsp3) is 0.400. The summed E-state index contributed by atoms with van der Waals surface area (Å²) < 4.78 is 1.85. The van der Waals surface area contributed by atoms with Crippen molar-refractivity contribution in [1.82, 2.24) is 24.6 Å². The third-order valence-corrected chi connectivity index (χ3v) is 5.35. The SMILES string of the molecule is C=CC(=O)N1CCC(C(=O)N(C)CCn2cnnc2)(c2ccccc2)CC1. The molecule has 0 N–H and O–H groups in total. The van der Waals surface area contributed by atoms with Gasteiger partial charge in [-0.15, -0.1) is 10.2 Å². The van der Waals surface area contributed by atoms with E-state index >= 15 is 0 Å².